The maximum absolute atomic E-state index is 13.6. The summed E-state index contributed by atoms with van der Waals surface area (Å²) in [5.41, 5.74) is 5.58. The smallest absolute Gasteiger partial charge is 0.323 e. The van der Waals surface area contributed by atoms with Crippen LogP contribution >= 0.6 is 11.6 Å². The first-order chi connectivity index (χ1) is 9.10. The minimum absolute atomic E-state index is 0.0339. The van der Waals surface area contributed by atoms with E-state index in [1.54, 1.807) is 13.0 Å². The van der Waals surface area contributed by atoms with Crippen LogP contribution in [0.15, 0.2) is 18.2 Å². The van der Waals surface area contributed by atoms with Crippen LogP contribution in [0.3, 0.4) is 0 Å². The minimum atomic E-state index is -0.524. The zero-order chi connectivity index (χ0) is 13.8. The van der Waals surface area contributed by atoms with Crippen molar-refractivity contribution in [2.75, 3.05) is 17.7 Å². The third-order valence-corrected chi connectivity index (χ3v) is 2.42. The number of hydrogen-bond acceptors (Lipinski definition) is 6. The van der Waals surface area contributed by atoms with Crippen LogP contribution in [0.25, 0.3) is 0 Å². The van der Waals surface area contributed by atoms with E-state index in [9.17, 15) is 4.39 Å². The summed E-state index contributed by atoms with van der Waals surface area (Å²) in [6.45, 7) is 2.16. The number of halogens is 2. The summed E-state index contributed by atoms with van der Waals surface area (Å²) in [5, 5.41) is 2.86. The number of anilines is 3. The molecule has 1 heterocycles. The second-order valence-corrected chi connectivity index (χ2v) is 3.86. The molecule has 1 aromatic heterocycles. The maximum Gasteiger partial charge on any atom is 0.323 e. The molecule has 19 heavy (non-hydrogen) atoms. The third-order valence-electron chi connectivity index (χ3n) is 2.11. The quantitative estimate of drug-likeness (QED) is 0.896. The zero-order valence-corrected chi connectivity index (χ0v) is 10.8. The van der Waals surface area contributed by atoms with E-state index in [-0.39, 0.29) is 28.6 Å². The highest BCUT2D eigenvalue weighted by atomic mass is 35.5. The number of benzene rings is 1. The Kier molecular flexibility index (Phi) is 3.96. The van der Waals surface area contributed by atoms with E-state index in [0.717, 1.165) is 0 Å². The molecule has 2 aromatic rings. The molecule has 0 amide bonds. The Labute approximate surface area is 113 Å². The number of nitrogens with zero attached hydrogens (tertiary/aromatic N) is 3. The fraction of sp³-hybridized carbons (Fsp3) is 0.182. The summed E-state index contributed by atoms with van der Waals surface area (Å²) < 4.78 is 18.7. The van der Waals surface area contributed by atoms with Gasteiger partial charge in [-0.25, -0.2) is 4.39 Å². The van der Waals surface area contributed by atoms with Crippen LogP contribution in [0.4, 0.5) is 22.0 Å². The van der Waals surface area contributed by atoms with Crippen LogP contribution in [0.5, 0.6) is 6.01 Å². The molecule has 2 rings (SSSR count). The van der Waals surface area contributed by atoms with Crippen molar-refractivity contribution < 1.29 is 9.13 Å². The van der Waals surface area contributed by atoms with E-state index in [1.807, 2.05) is 0 Å². The van der Waals surface area contributed by atoms with Crippen molar-refractivity contribution in [3.63, 3.8) is 0 Å². The molecule has 8 heteroatoms. The Hall–Kier alpha value is -2.15. The normalized spacial score (nSPS) is 10.3. The first-order valence-electron chi connectivity index (χ1n) is 5.45. The Morgan fingerprint density at radius 2 is 2.16 bits per heavy atom. The summed E-state index contributed by atoms with van der Waals surface area (Å²) in [6, 6.07) is 4.37. The molecule has 100 valence electrons. The fourth-order valence-electron chi connectivity index (χ4n) is 1.35. The lowest BCUT2D eigenvalue weighted by atomic mass is 10.3. The van der Waals surface area contributed by atoms with Crippen LogP contribution in [0, 0.1) is 5.82 Å². The van der Waals surface area contributed by atoms with Crippen molar-refractivity contribution in [2.24, 2.45) is 0 Å². The molecule has 3 N–H and O–H groups in total. The summed E-state index contributed by atoms with van der Waals surface area (Å²) in [7, 11) is 0. The van der Waals surface area contributed by atoms with Crippen LogP contribution in [-0.2, 0) is 0 Å². The highest BCUT2D eigenvalue weighted by molar-refractivity contribution is 6.33. The average Bonchev–Trinajstić information content (AvgIpc) is 2.34. The van der Waals surface area contributed by atoms with Gasteiger partial charge in [-0.15, -0.1) is 0 Å². The highest BCUT2D eigenvalue weighted by Crippen LogP contribution is 2.27. The van der Waals surface area contributed by atoms with Crippen molar-refractivity contribution in [3.8, 4) is 6.01 Å². The Balaban J connectivity index is 2.33. The number of aromatic nitrogens is 3. The van der Waals surface area contributed by atoms with E-state index < -0.39 is 5.82 Å². The van der Waals surface area contributed by atoms with Gasteiger partial charge < -0.3 is 15.8 Å². The molecule has 0 atom stereocenters. The lowest BCUT2D eigenvalue weighted by Crippen LogP contribution is -2.07. The van der Waals surface area contributed by atoms with Gasteiger partial charge >= 0.3 is 6.01 Å². The Morgan fingerprint density at radius 1 is 1.37 bits per heavy atom. The Bertz CT molecular complexity index is 575. The molecule has 0 unspecified atom stereocenters. The van der Waals surface area contributed by atoms with Gasteiger partial charge in [-0.2, -0.15) is 15.0 Å². The van der Waals surface area contributed by atoms with Crippen molar-refractivity contribution in [2.45, 2.75) is 6.92 Å². The predicted molar refractivity (Wildman–Crippen MR) is 70.1 cm³/mol. The lowest BCUT2D eigenvalue weighted by Gasteiger charge is -2.09. The van der Waals surface area contributed by atoms with Gasteiger partial charge in [0.15, 0.2) is 0 Å². The van der Waals surface area contributed by atoms with Crippen LogP contribution in [-0.4, -0.2) is 21.6 Å². The van der Waals surface area contributed by atoms with Crippen LogP contribution < -0.4 is 15.8 Å². The number of ether oxygens (including phenoxy) is 1. The second-order valence-electron chi connectivity index (χ2n) is 3.45. The lowest BCUT2D eigenvalue weighted by molar-refractivity contribution is 0.312. The van der Waals surface area contributed by atoms with Gasteiger partial charge in [0.05, 0.1) is 17.3 Å². The number of nitrogen functional groups attached to an aromatic ring is 1. The van der Waals surface area contributed by atoms with Gasteiger partial charge in [-0.1, -0.05) is 17.7 Å². The highest BCUT2D eigenvalue weighted by Gasteiger charge is 2.11. The largest absolute Gasteiger partial charge is 0.464 e. The molecule has 0 aliphatic rings. The van der Waals surface area contributed by atoms with Gasteiger partial charge in [0.25, 0.3) is 0 Å². The predicted octanol–water partition coefficient (Wildman–Crippen LogP) is 2.39. The number of nitrogens with two attached hydrogens (primary N) is 1. The second kappa shape index (κ2) is 5.66. The number of nitrogens with one attached hydrogen (secondary N) is 1. The molecule has 0 radical (unpaired) electrons. The third kappa shape index (κ3) is 3.19. The van der Waals surface area contributed by atoms with Gasteiger partial charge in [0, 0.05) is 0 Å². The molecule has 0 spiro atoms. The minimum Gasteiger partial charge on any atom is -0.464 e. The van der Waals surface area contributed by atoms with E-state index in [0.29, 0.717) is 6.61 Å². The van der Waals surface area contributed by atoms with E-state index in [4.69, 9.17) is 22.1 Å². The van der Waals surface area contributed by atoms with Crippen molar-refractivity contribution >= 4 is 29.2 Å². The SMILES string of the molecule is CCOc1nc(N)nc(Nc2c(F)cccc2Cl)n1. The summed E-state index contributed by atoms with van der Waals surface area (Å²) in [6.07, 6.45) is 0. The van der Waals surface area contributed by atoms with E-state index >= 15 is 0 Å². The average molecular weight is 284 g/mol. The molecule has 0 saturated carbocycles. The maximum atomic E-state index is 13.6. The van der Waals surface area contributed by atoms with Crippen LogP contribution in [0.2, 0.25) is 5.02 Å². The fourth-order valence-corrected chi connectivity index (χ4v) is 1.56. The molecule has 0 saturated heterocycles. The van der Waals surface area contributed by atoms with Gasteiger partial charge in [-0.05, 0) is 19.1 Å². The van der Waals surface area contributed by atoms with Gasteiger partial charge in [-0.3, -0.25) is 0 Å². The monoisotopic (exact) mass is 283 g/mol. The molecule has 0 bridgehead atoms. The van der Waals surface area contributed by atoms with Gasteiger partial charge in [0.1, 0.15) is 5.82 Å². The summed E-state index contributed by atoms with van der Waals surface area (Å²) in [5.74, 6) is -0.499. The summed E-state index contributed by atoms with van der Waals surface area (Å²) >= 11 is 5.88. The zero-order valence-electron chi connectivity index (χ0n) is 10.0. The molecule has 0 aliphatic carbocycles. The summed E-state index contributed by atoms with van der Waals surface area (Å²) in [4.78, 5) is 11.5. The number of hydrogen-bond donors (Lipinski definition) is 2. The van der Waals surface area contributed by atoms with Crippen molar-refractivity contribution in [1.29, 1.82) is 0 Å². The topological polar surface area (TPSA) is 86.0 Å². The standard InChI is InChI=1S/C11H11ClFN5O/c1-2-19-11-17-9(14)16-10(18-11)15-8-6(12)4-3-5-7(8)13/h3-5H,2H2,1H3,(H3,14,15,16,17,18). The van der Waals surface area contributed by atoms with Crippen molar-refractivity contribution in [1.82, 2.24) is 15.0 Å². The molecule has 0 aliphatic heterocycles. The van der Waals surface area contributed by atoms with E-state index in [1.165, 1.54) is 12.1 Å². The van der Waals surface area contributed by atoms with E-state index in [2.05, 4.69) is 20.3 Å². The first-order valence-corrected chi connectivity index (χ1v) is 5.83. The van der Waals surface area contributed by atoms with Crippen LogP contribution in [0.1, 0.15) is 6.92 Å². The molecular weight excluding hydrogens is 273 g/mol. The number of rotatable bonds is 4. The van der Waals surface area contributed by atoms with Gasteiger partial charge in [0.2, 0.25) is 11.9 Å². The van der Waals surface area contributed by atoms with Crippen molar-refractivity contribution in [3.05, 3.63) is 29.0 Å². The molecular formula is C11H11ClFN5O. The molecule has 0 fully saturated rings. The number of para-hydroxylation sites is 1. The Morgan fingerprint density at radius 3 is 2.84 bits per heavy atom. The molecule has 6 nitrogen and oxygen atoms in total. The first kappa shape index (κ1) is 13.3. The molecule has 1 aromatic carbocycles.